The monoisotopic (exact) mass is 570 g/mol. The Morgan fingerprint density at radius 1 is 0.476 bits per heavy atom. The SMILES string of the molecule is O=c1cc(-c2cc(O)c(O)c(-c3c(O)cc4oc(-c5ccc(O)c(O)c5)cc(=O)c4c3O)c2)oc2cc(O)cc(O)c12. The lowest BCUT2D eigenvalue weighted by Crippen LogP contribution is -2.02. The molecule has 12 heteroatoms. The van der Waals surface area contributed by atoms with Crippen LogP contribution in [0.4, 0.5) is 0 Å². The molecular weight excluding hydrogens is 552 g/mol. The minimum atomic E-state index is -0.805. The summed E-state index contributed by atoms with van der Waals surface area (Å²) in [5.41, 5.74) is -2.52. The summed E-state index contributed by atoms with van der Waals surface area (Å²) in [6.45, 7) is 0. The summed E-state index contributed by atoms with van der Waals surface area (Å²) < 4.78 is 11.3. The Hall–Kier alpha value is -6.30. The molecule has 42 heavy (non-hydrogen) atoms. The van der Waals surface area contributed by atoms with E-state index in [-0.39, 0.29) is 55.9 Å². The van der Waals surface area contributed by atoms with E-state index in [2.05, 4.69) is 0 Å². The molecule has 4 aromatic carbocycles. The first kappa shape index (κ1) is 26.0. The van der Waals surface area contributed by atoms with Crippen molar-refractivity contribution in [2.45, 2.75) is 0 Å². The molecule has 0 saturated carbocycles. The molecule has 210 valence electrons. The van der Waals surface area contributed by atoms with Crippen LogP contribution in [-0.4, -0.2) is 40.9 Å². The predicted molar refractivity (Wildman–Crippen MR) is 148 cm³/mol. The molecule has 2 aromatic heterocycles. The van der Waals surface area contributed by atoms with Crippen molar-refractivity contribution in [1.82, 2.24) is 0 Å². The van der Waals surface area contributed by atoms with Gasteiger partial charge in [-0.25, -0.2) is 0 Å². The van der Waals surface area contributed by atoms with Gasteiger partial charge in [-0.1, -0.05) is 0 Å². The first-order chi connectivity index (χ1) is 19.9. The second-order valence-electron chi connectivity index (χ2n) is 9.38. The highest BCUT2D eigenvalue weighted by Crippen LogP contribution is 2.49. The van der Waals surface area contributed by atoms with Crippen LogP contribution in [0.15, 0.2) is 79.1 Å². The van der Waals surface area contributed by atoms with Gasteiger partial charge in [0, 0.05) is 47.0 Å². The lowest BCUT2D eigenvalue weighted by molar-refractivity contribution is 0.403. The molecular formula is C30H18O12. The lowest BCUT2D eigenvalue weighted by atomic mass is 9.96. The second-order valence-corrected chi connectivity index (χ2v) is 9.38. The third-order valence-corrected chi connectivity index (χ3v) is 6.67. The summed E-state index contributed by atoms with van der Waals surface area (Å²) in [7, 11) is 0. The lowest BCUT2D eigenvalue weighted by Gasteiger charge is -2.14. The minimum absolute atomic E-state index is 0.0180. The average Bonchev–Trinajstić information content (AvgIpc) is 2.91. The molecule has 0 aliphatic carbocycles. The molecule has 0 unspecified atom stereocenters. The molecule has 0 saturated heterocycles. The van der Waals surface area contributed by atoms with E-state index < -0.39 is 56.7 Å². The number of hydrogen-bond acceptors (Lipinski definition) is 12. The normalized spacial score (nSPS) is 11.3. The Labute approximate surface area is 232 Å². The quantitative estimate of drug-likeness (QED) is 0.137. The number of fused-ring (bicyclic) bond motifs is 2. The number of rotatable bonds is 3. The predicted octanol–water partition coefficient (Wildman–Crippen LogP) is 4.55. The van der Waals surface area contributed by atoms with Crippen LogP contribution in [0.5, 0.6) is 46.0 Å². The zero-order chi connectivity index (χ0) is 30.0. The van der Waals surface area contributed by atoms with Crippen molar-refractivity contribution in [3.63, 3.8) is 0 Å². The number of hydrogen-bond donors (Lipinski definition) is 8. The maximum atomic E-state index is 13.1. The summed E-state index contributed by atoms with van der Waals surface area (Å²) in [6.07, 6.45) is 0. The van der Waals surface area contributed by atoms with Gasteiger partial charge in [0.05, 0.1) is 5.56 Å². The summed E-state index contributed by atoms with van der Waals surface area (Å²) in [4.78, 5) is 25.8. The molecule has 0 aliphatic heterocycles. The molecule has 6 aromatic rings. The van der Waals surface area contributed by atoms with Crippen LogP contribution in [0.1, 0.15) is 0 Å². The average molecular weight is 570 g/mol. The molecule has 2 heterocycles. The van der Waals surface area contributed by atoms with Crippen LogP contribution < -0.4 is 10.9 Å². The maximum absolute atomic E-state index is 13.1. The van der Waals surface area contributed by atoms with Crippen molar-refractivity contribution < 1.29 is 49.7 Å². The fourth-order valence-electron chi connectivity index (χ4n) is 4.72. The van der Waals surface area contributed by atoms with Crippen molar-refractivity contribution in [2.75, 3.05) is 0 Å². The number of aromatic hydroxyl groups is 8. The van der Waals surface area contributed by atoms with E-state index in [1.54, 1.807) is 0 Å². The van der Waals surface area contributed by atoms with Crippen molar-refractivity contribution in [3.8, 4) is 79.8 Å². The zero-order valence-electron chi connectivity index (χ0n) is 21.0. The minimum Gasteiger partial charge on any atom is -0.508 e. The summed E-state index contributed by atoms with van der Waals surface area (Å²) in [5, 5.41) is 81.8. The molecule has 0 atom stereocenters. The molecule has 0 spiro atoms. The van der Waals surface area contributed by atoms with E-state index in [1.165, 1.54) is 12.1 Å². The standard InChI is InChI=1S/C30H18O12/c31-13-6-17(34)27-19(36)8-23(42-24(27)7-13)12-3-14(29(39)21(38)5-12)26-18(35)10-25-28(30(26)40)20(37)9-22(41-25)11-1-2-15(32)16(33)4-11/h1-10,31-35,38-40H. The molecule has 0 aliphatic rings. The summed E-state index contributed by atoms with van der Waals surface area (Å²) in [5.74, 6) is -5.00. The molecule has 0 fully saturated rings. The third-order valence-electron chi connectivity index (χ3n) is 6.67. The van der Waals surface area contributed by atoms with Crippen molar-refractivity contribution in [3.05, 3.63) is 81.1 Å². The third kappa shape index (κ3) is 4.02. The van der Waals surface area contributed by atoms with Gasteiger partial charge in [-0.05, 0) is 30.3 Å². The Bertz CT molecular complexity index is 2230. The highest BCUT2D eigenvalue weighted by Gasteiger charge is 2.24. The molecule has 12 nitrogen and oxygen atoms in total. The largest absolute Gasteiger partial charge is 0.508 e. The first-order valence-corrected chi connectivity index (χ1v) is 12.0. The van der Waals surface area contributed by atoms with Crippen molar-refractivity contribution in [2.24, 2.45) is 0 Å². The maximum Gasteiger partial charge on any atom is 0.197 e. The number of phenolic OH excluding ortho intramolecular Hbond substituents is 8. The molecule has 8 N–H and O–H groups in total. The van der Waals surface area contributed by atoms with Gasteiger partial charge in [0.25, 0.3) is 0 Å². The first-order valence-electron chi connectivity index (χ1n) is 12.0. The van der Waals surface area contributed by atoms with Crippen LogP contribution in [0.2, 0.25) is 0 Å². The van der Waals surface area contributed by atoms with Crippen LogP contribution in [0.25, 0.3) is 55.7 Å². The molecule has 6 rings (SSSR count). The van der Waals surface area contributed by atoms with Crippen LogP contribution in [0, 0.1) is 0 Å². The topological polar surface area (TPSA) is 222 Å². The second kappa shape index (κ2) is 9.13. The number of phenols is 8. The highest BCUT2D eigenvalue weighted by molar-refractivity contribution is 5.98. The van der Waals surface area contributed by atoms with E-state index in [9.17, 15) is 50.4 Å². The van der Waals surface area contributed by atoms with Crippen molar-refractivity contribution >= 4 is 21.9 Å². The molecule has 0 amide bonds. The van der Waals surface area contributed by atoms with Crippen LogP contribution >= 0.6 is 0 Å². The van der Waals surface area contributed by atoms with Crippen molar-refractivity contribution in [1.29, 1.82) is 0 Å². The molecule has 0 bridgehead atoms. The molecule has 0 radical (unpaired) electrons. The van der Waals surface area contributed by atoms with Crippen LogP contribution in [-0.2, 0) is 0 Å². The zero-order valence-corrected chi connectivity index (χ0v) is 21.0. The van der Waals surface area contributed by atoms with Gasteiger partial charge in [-0.2, -0.15) is 0 Å². The fourth-order valence-corrected chi connectivity index (χ4v) is 4.72. The van der Waals surface area contributed by atoms with Gasteiger partial charge in [0.1, 0.15) is 56.5 Å². The Morgan fingerprint density at radius 3 is 1.79 bits per heavy atom. The Morgan fingerprint density at radius 2 is 1.10 bits per heavy atom. The highest BCUT2D eigenvalue weighted by atomic mass is 16.3. The van der Waals surface area contributed by atoms with E-state index in [4.69, 9.17) is 8.83 Å². The van der Waals surface area contributed by atoms with Gasteiger partial charge in [0.2, 0.25) is 0 Å². The smallest absolute Gasteiger partial charge is 0.197 e. The van der Waals surface area contributed by atoms with E-state index in [0.717, 1.165) is 48.5 Å². The Kier molecular flexibility index (Phi) is 5.64. The Balaban J connectivity index is 1.55. The van der Waals surface area contributed by atoms with Gasteiger partial charge >= 0.3 is 0 Å². The van der Waals surface area contributed by atoms with Gasteiger partial charge in [-0.3, -0.25) is 9.59 Å². The summed E-state index contributed by atoms with van der Waals surface area (Å²) >= 11 is 0. The van der Waals surface area contributed by atoms with E-state index >= 15 is 0 Å². The van der Waals surface area contributed by atoms with Gasteiger partial charge in [-0.15, -0.1) is 0 Å². The summed E-state index contributed by atoms with van der Waals surface area (Å²) in [6, 6.07) is 11.0. The van der Waals surface area contributed by atoms with E-state index in [0.29, 0.717) is 0 Å². The van der Waals surface area contributed by atoms with E-state index in [1.807, 2.05) is 0 Å². The number of benzene rings is 4. The van der Waals surface area contributed by atoms with Gasteiger partial charge < -0.3 is 49.7 Å². The fraction of sp³-hybridized carbons (Fsp3) is 0. The van der Waals surface area contributed by atoms with Gasteiger partial charge in [0.15, 0.2) is 33.9 Å². The van der Waals surface area contributed by atoms with Crippen LogP contribution in [0.3, 0.4) is 0 Å².